The number of nitrogens with zero attached hydrogens (tertiary/aromatic N) is 3. The van der Waals surface area contributed by atoms with E-state index in [9.17, 15) is 8.42 Å². The topological polar surface area (TPSA) is 103 Å². The Morgan fingerprint density at radius 2 is 2.10 bits per heavy atom. The van der Waals surface area contributed by atoms with Gasteiger partial charge in [-0.05, 0) is 43.5 Å². The number of benzene rings is 1. The van der Waals surface area contributed by atoms with Gasteiger partial charge in [0.1, 0.15) is 0 Å². The van der Waals surface area contributed by atoms with Crippen molar-refractivity contribution in [1.29, 1.82) is 0 Å². The quantitative estimate of drug-likeness (QED) is 0.608. The minimum absolute atomic E-state index is 0.237. The number of aromatic nitrogens is 3. The van der Waals surface area contributed by atoms with Crippen molar-refractivity contribution in [3.8, 4) is 0 Å². The van der Waals surface area contributed by atoms with Crippen LogP contribution >= 0.6 is 0 Å². The molecule has 2 aromatic rings. The highest BCUT2D eigenvalue weighted by Crippen LogP contribution is 2.22. The molecular formula is C13H19N5O2S. The highest BCUT2D eigenvalue weighted by atomic mass is 32.2. The molecule has 1 aromatic heterocycles. The largest absolute Gasteiger partial charge is 0.399 e. The van der Waals surface area contributed by atoms with Crippen LogP contribution in [0.4, 0.5) is 5.69 Å². The Hall–Kier alpha value is -1.93. The van der Waals surface area contributed by atoms with Crippen molar-refractivity contribution in [3.05, 3.63) is 35.7 Å². The summed E-state index contributed by atoms with van der Waals surface area (Å²) in [6.45, 7) is 4.56. The summed E-state index contributed by atoms with van der Waals surface area (Å²) in [4.78, 5) is 0.237. The molecule has 0 bridgehead atoms. The molecule has 2 rings (SSSR count). The summed E-state index contributed by atoms with van der Waals surface area (Å²) in [5.74, 6) is 0. The number of anilines is 1. The number of nitrogens with one attached hydrogen (secondary N) is 1. The third kappa shape index (κ3) is 3.79. The highest BCUT2D eigenvalue weighted by molar-refractivity contribution is 7.89. The summed E-state index contributed by atoms with van der Waals surface area (Å²) in [5.41, 5.74) is 7.75. The van der Waals surface area contributed by atoms with Gasteiger partial charge in [-0.1, -0.05) is 5.21 Å². The van der Waals surface area contributed by atoms with Crippen molar-refractivity contribution in [2.75, 3.05) is 12.3 Å². The second kappa shape index (κ2) is 6.23. The lowest BCUT2D eigenvalue weighted by Crippen LogP contribution is -2.26. The Bertz CT molecular complexity index is 710. The van der Waals surface area contributed by atoms with Crippen LogP contribution in [-0.4, -0.2) is 30.0 Å². The zero-order valence-corrected chi connectivity index (χ0v) is 12.9. The van der Waals surface area contributed by atoms with Crippen LogP contribution in [0.25, 0.3) is 0 Å². The number of aryl methyl sites for hydroxylation is 2. The Morgan fingerprint density at radius 3 is 2.76 bits per heavy atom. The molecule has 1 heterocycles. The monoisotopic (exact) mass is 309 g/mol. The molecular weight excluding hydrogens is 290 g/mol. The predicted octanol–water partition coefficient (Wildman–Crippen LogP) is 0.846. The molecule has 8 heteroatoms. The van der Waals surface area contributed by atoms with Crippen molar-refractivity contribution in [3.63, 3.8) is 0 Å². The summed E-state index contributed by atoms with van der Waals surface area (Å²) >= 11 is 0. The maximum absolute atomic E-state index is 12.3. The van der Waals surface area contributed by atoms with E-state index in [2.05, 4.69) is 15.0 Å². The summed E-state index contributed by atoms with van der Waals surface area (Å²) in [6, 6.07) is 3.25. The lowest BCUT2D eigenvalue weighted by atomic mass is 10.1. The van der Waals surface area contributed by atoms with Crippen LogP contribution in [0, 0.1) is 13.8 Å². The second-order valence-corrected chi connectivity index (χ2v) is 6.61. The van der Waals surface area contributed by atoms with Crippen molar-refractivity contribution < 1.29 is 8.42 Å². The van der Waals surface area contributed by atoms with Crippen LogP contribution in [-0.2, 0) is 16.6 Å². The van der Waals surface area contributed by atoms with Crippen molar-refractivity contribution in [2.24, 2.45) is 0 Å². The van der Waals surface area contributed by atoms with Gasteiger partial charge in [0.15, 0.2) is 0 Å². The number of nitrogens with two attached hydrogens (primary N) is 1. The summed E-state index contributed by atoms with van der Waals surface area (Å²) in [5, 5.41) is 7.51. The maximum Gasteiger partial charge on any atom is 0.240 e. The van der Waals surface area contributed by atoms with Gasteiger partial charge in [-0.25, -0.2) is 13.1 Å². The normalized spacial score (nSPS) is 11.7. The standard InChI is InChI=1S/C13H19N5O2S/c1-10-8-12(14)9-13(11(10)2)21(19,20)16-4-3-6-18-7-5-15-17-18/h5,7-9,16H,3-4,6,14H2,1-2H3. The maximum atomic E-state index is 12.3. The molecule has 0 aliphatic heterocycles. The van der Waals surface area contributed by atoms with Gasteiger partial charge >= 0.3 is 0 Å². The fourth-order valence-corrected chi connectivity index (χ4v) is 3.43. The first-order valence-electron chi connectivity index (χ1n) is 6.60. The summed E-state index contributed by atoms with van der Waals surface area (Å²) in [6.07, 6.45) is 3.95. The van der Waals surface area contributed by atoms with E-state index in [1.165, 1.54) is 6.07 Å². The van der Waals surface area contributed by atoms with Crippen LogP contribution in [0.3, 0.4) is 0 Å². The van der Waals surface area contributed by atoms with Gasteiger partial charge in [-0.2, -0.15) is 0 Å². The average Bonchev–Trinajstić information content (AvgIpc) is 2.92. The lowest BCUT2D eigenvalue weighted by molar-refractivity contribution is 0.542. The molecule has 0 spiro atoms. The fraction of sp³-hybridized carbons (Fsp3) is 0.385. The first kappa shape index (κ1) is 15.5. The van der Waals surface area contributed by atoms with Crippen molar-refractivity contribution in [1.82, 2.24) is 19.7 Å². The molecule has 0 amide bonds. The summed E-state index contributed by atoms with van der Waals surface area (Å²) in [7, 11) is -3.55. The molecule has 114 valence electrons. The number of rotatable bonds is 6. The van der Waals surface area contributed by atoms with Gasteiger partial charge < -0.3 is 5.73 Å². The van der Waals surface area contributed by atoms with Gasteiger partial charge in [0.2, 0.25) is 10.0 Å². The summed E-state index contributed by atoms with van der Waals surface area (Å²) < 4.78 is 28.9. The first-order valence-corrected chi connectivity index (χ1v) is 8.09. The predicted molar refractivity (Wildman–Crippen MR) is 80.2 cm³/mol. The molecule has 0 aliphatic rings. The highest BCUT2D eigenvalue weighted by Gasteiger charge is 2.18. The zero-order valence-electron chi connectivity index (χ0n) is 12.1. The van der Waals surface area contributed by atoms with E-state index in [4.69, 9.17) is 5.73 Å². The third-order valence-corrected chi connectivity index (χ3v) is 4.85. The van der Waals surface area contributed by atoms with Gasteiger partial charge in [0.25, 0.3) is 0 Å². The van der Waals surface area contributed by atoms with Gasteiger partial charge in [-0.3, -0.25) is 4.68 Å². The van der Waals surface area contributed by atoms with Crippen LogP contribution in [0.5, 0.6) is 0 Å². The number of hydrogen-bond donors (Lipinski definition) is 2. The SMILES string of the molecule is Cc1cc(N)cc(S(=O)(=O)NCCCn2ccnn2)c1C. The number of sulfonamides is 1. The Balaban J connectivity index is 2.02. The second-order valence-electron chi connectivity index (χ2n) is 4.88. The molecule has 0 saturated heterocycles. The van der Waals surface area contributed by atoms with E-state index in [1.807, 2.05) is 6.92 Å². The molecule has 0 fully saturated rings. The minimum Gasteiger partial charge on any atom is -0.399 e. The van der Waals surface area contributed by atoms with E-state index in [-0.39, 0.29) is 4.90 Å². The van der Waals surface area contributed by atoms with Crippen LogP contribution in [0.1, 0.15) is 17.5 Å². The van der Waals surface area contributed by atoms with E-state index in [0.29, 0.717) is 30.8 Å². The minimum atomic E-state index is -3.55. The Labute approximate surface area is 124 Å². The molecule has 0 saturated carbocycles. The van der Waals surface area contributed by atoms with Crippen LogP contribution in [0.2, 0.25) is 0 Å². The number of hydrogen-bond acceptors (Lipinski definition) is 5. The van der Waals surface area contributed by atoms with E-state index in [1.54, 1.807) is 30.1 Å². The Morgan fingerprint density at radius 1 is 1.33 bits per heavy atom. The van der Waals surface area contributed by atoms with E-state index in [0.717, 1.165) is 5.56 Å². The lowest BCUT2D eigenvalue weighted by Gasteiger charge is -2.12. The van der Waals surface area contributed by atoms with Crippen molar-refractivity contribution >= 4 is 15.7 Å². The molecule has 1 aromatic carbocycles. The third-order valence-electron chi connectivity index (χ3n) is 3.26. The molecule has 0 radical (unpaired) electrons. The van der Waals surface area contributed by atoms with Gasteiger partial charge in [-0.15, -0.1) is 5.10 Å². The average molecular weight is 309 g/mol. The molecule has 0 atom stereocenters. The van der Waals surface area contributed by atoms with Crippen LogP contribution in [0.15, 0.2) is 29.4 Å². The molecule has 0 aliphatic carbocycles. The zero-order chi connectivity index (χ0) is 15.5. The van der Waals surface area contributed by atoms with Crippen LogP contribution < -0.4 is 10.5 Å². The number of nitrogen functional groups attached to an aromatic ring is 1. The van der Waals surface area contributed by atoms with E-state index >= 15 is 0 Å². The van der Waals surface area contributed by atoms with Crippen molar-refractivity contribution in [2.45, 2.75) is 31.7 Å². The molecule has 3 N–H and O–H groups in total. The van der Waals surface area contributed by atoms with Gasteiger partial charge in [0, 0.05) is 25.0 Å². The molecule has 0 unspecified atom stereocenters. The smallest absolute Gasteiger partial charge is 0.240 e. The fourth-order valence-electron chi connectivity index (χ4n) is 2.01. The Kier molecular flexibility index (Phi) is 4.59. The van der Waals surface area contributed by atoms with E-state index < -0.39 is 10.0 Å². The molecule has 7 nitrogen and oxygen atoms in total. The first-order chi connectivity index (χ1) is 9.90. The van der Waals surface area contributed by atoms with Gasteiger partial charge in [0.05, 0.1) is 11.1 Å². The molecule has 21 heavy (non-hydrogen) atoms.